The Morgan fingerprint density at radius 1 is 1.26 bits per heavy atom. The zero-order chi connectivity index (χ0) is 13.7. The van der Waals surface area contributed by atoms with E-state index in [0.29, 0.717) is 11.3 Å². The summed E-state index contributed by atoms with van der Waals surface area (Å²) >= 11 is 4.92. The number of carbonyl (C=O) groups is 1. The van der Waals surface area contributed by atoms with Crippen LogP contribution in [0.2, 0.25) is 0 Å². The average molecular weight is 333 g/mol. The summed E-state index contributed by atoms with van der Waals surface area (Å²) in [6, 6.07) is 12.6. The molecule has 1 aromatic carbocycles. The van der Waals surface area contributed by atoms with Crippen LogP contribution in [-0.2, 0) is 4.79 Å². The first-order valence-electron chi connectivity index (χ1n) is 5.42. The topological polar surface area (TPSA) is 52.9 Å². The first-order valence-corrected chi connectivity index (χ1v) is 7.03. The Kier molecular flexibility index (Phi) is 4.50. The van der Waals surface area contributed by atoms with E-state index < -0.39 is 0 Å². The van der Waals surface area contributed by atoms with Crippen LogP contribution in [0.1, 0.15) is 10.4 Å². The predicted octanol–water partition coefficient (Wildman–Crippen LogP) is 4.03. The fourth-order valence-corrected chi connectivity index (χ4v) is 2.71. The maximum Gasteiger partial charge on any atom is 0.248 e. The van der Waals surface area contributed by atoms with E-state index >= 15 is 0 Å². The molecule has 0 bridgehead atoms. The minimum atomic E-state index is -0.200. The third-order valence-corrected chi connectivity index (χ3v) is 3.86. The van der Waals surface area contributed by atoms with Crippen LogP contribution in [0.25, 0.3) is 6.08 Å². The van der Waals surface area contributed by atoms with E-state index in [4.69, 9.17) is 5.26 Å². The summed E-state index contributed by atoms with van der Waals surface area (Å²) in [4.78, 5) is 12.7. The average Bonchev–Trinajstić information content (AvgIpc) is 2.83. The van der Waals surface area contributed by atoms with Crippen molar-refractivity contribution < 1.29 is 4.79 Å². The highest BCUT2D eigenvalue weighted by molar-refractivity contribution is 9.11. The van der Waals surface area contributed by atoms with Crippen LogP contribution >= 0.6 is 27.3 Å². The van der Waals surface area contributed by atoms with Crippen molar-refractivity contribution in [3.05, 3.63) is 56.7 Å². The van der Waals surface area contributed by atoms with Gasteiger partial charge in [0.15, 0.2) is 0 Å². The molecule has 0 unspecified atom stereocenters. The Hall–Kier alpha value is -1.90. The van der Waals surface area contributed by atoms with Crippen LogP contribution in [0.4, 0.5) is 5.69 Å². The standard InChI is InChI=1S/C14H9BrN2OS/c15-13-7-5-12(19-13)6-8-14(18)17-11-3-1-10(9-16)2-4-11/h1-8H,(H,17,18)/b8-6+. The van der Waals surface area contributed by atoms with Gasteiger partial charge >= 0.3 is 0 Å². The lowest BCUT2D eigenvalue weighted by Gasteiger charge is -2.01. The molecule has 1 amide bonds. The summed E-state index contributed by atoms with van der Waals surface area (Å²) in [6.07, 6.45) is 3.24. The van der Waals surface area contributed by atoms with Crippen LogP contribution in [0.3, 0.4) is 0 Å². The zero-order valence-corrected chi connectivity index (χ0v) is 12.2. The molecule has 1 aromatic heterocycles. The number of anilines is 1. The Morgan fingerprint density at radius 3 is 2.58 bits per heavy atom. The van der Waals surface area contributed by atoms with Crippen molar-refractivity contribution in [2.24, 2.45) is 0 Å². The zero-order valence-electron chi connectivity index (χ0n) is 9.76. The lowest BCUT2D eigenvalue weighted by molar-refractivity contribution is -0.111. The van der Waals surface area contributed by atoms with Crippen molar-refractivity contribution in [1.82, 2.24) is 0 Å². The molecule has 0 aliphatic heterocycles. The largest absolute Gasteiger partial charge is 0.323 e. The predicted molar refractivity (Wildman–Crippen MR) is 80.8 cm³/mol. The van der Waals surface area contributed by atoms with Gasteiger partial charge in [-0.1, -0.05) is 0 Å². The molecule has 0 atom stereocenters. The molecule has 5 heteroatoms. The van der Waals surface area contributed by atoms with Crippen molar-refractivity contribution in [2.75, 3.05) is 5.32 Å². The number of carbonyl (C=O) groups excluding carboxylic acids is 1. The van der Waals surface area contributed by atoms with Crippen LogP contribution in [-0.4, -0.2) is 5.91 Å². The van der Waals surface area contributed by atoms with Gasteiger partial charge in [0.1, 0.15) is 0 Å². The fourth-order valence-electron chi connectivity index (χ4n) is 1.39. The van der Waals surface area contributed by atoms with Crippen LogP contribution in [0.5, 0.6) is 0 Å². The van der Waals surface area contributed by atoms with E-state index in [0.717, 1.165) is 8.66 Å². The summed E-state index contributed by atoms with van der Waals surface area (Å²) in [7, 11) is 0. The Labute approximate surface area is 123 Å². The number of thiophene rings is 1. The number of nitrogens with one attached hydrogen (secondary N) is 1. The molecule has 1 N–H and O–H groups in total. The van der Waals surface area contributed by atoms with Crippen molar-refractivity contribution in [3.63, 3.8) is 0 Å². The summed E-state index contributed by atoms with van der Waals surface area (Å²) in [5, 5.41) is 11.4. The molecule has 2 aromatic rings. The number of hydrogen-bond acceptors (Lipinski definition) is 3. The first-order chi connectivity index (χ1) is 9.17. The molecule has 0 saturated heterocycles. The van der Waals surface area contributed by atoms with Gasteiger partial charge in [0, 0.05) is 16.6 Å². The maximum atomic E-state index is 11.7. The third-order valence-electron chi connectivity index (χ3n) is 2.27. The number of nitrogens with zero attached hydrogens (tertiary/aromatic N) is 1. The maximum absolute atomic E-state index is 11.7. The molecule has 0 saturated carbocycles. The van der Waals surface area contributed by atoms with Gasteiger partial charge in [0.05, 0.1) is 15.4 Å². The molecule has 94 valence electrons. The van der Waals surface area contributed by atoms with Gasteiger partial charge in [0.25, 0.3) is 0 Å². The Balaban J connectivity index is 1.97. The smallest absolute Gasteiger partial charge is 0.248 e. The van der Waals surface area contributed by atoms with E-state index in [-0.39, 0.29) is 5.91 Å². The van der Waals surface area contributed by atoms with Crippen LogP contribution in [0.15, 0.2) is 46.3 Å². The number of halogens is 1. The van der Waals surface area contributed by atoms with Crippen molar-refractivity contribution in [1.29, 1.82) is 5.26 Å². The lowest BCUT2D eigenvalue weighted by atomic mass is 10.2. The van der Waals surface area contributed by atoms with Gasteiger partial charge in [-0.25, -0.2) is 0 Å². The minimum absolute atomic E-state index is 0.200. The van der Waals surface area contributed by atoms with Gasteiger partial charge in [-0.05, 0) is 58.4 Å². The van der Waals surface area contributed by atoms with Crippen LogP contribution < -0.4 is 5.32 Å². The summed E-state index contributed by atoms with van der Waals surface area (Å²) in [5.74, 6) is -0.200. The molecule has 2 rings (SSSR count). The highest BCUT2D eigenvalue weighted by Gasteiger charge is 1.99. The van der Waals surface area contributed by atoms with Gasteiger partial charge in [-0.2, -0.15) is 5.26 Å². The molecule has 3 nitrogen and oxygen atoms in total. The molecule has 0 aliphatic rings. The second-order valence-corrected chi connectivity index (χ2v) is 6.15. The van der Waals surface area contributed by atoms with E-state index in [9.17, 15) is 4.79 Å². The quantitative estimate of drug-likeness (QED) is 0.862. The number of amides is 1. The molecule has 1 heterocycles. The molecule has 0 fully saturated rings. The molecular formula is C14H9BrN2OS. The number of rotatable bonds is 3. The molecule has 0 radical (unpaired) electrons. The molecule has 19 heavy (non-hydrogen) atoms. The second kappa shape index (κ2) is 6.32. The van der Waals surface area contributed by atoms with Crippen molar-refractivity contribution >= 4 is 44.9 Å². The van der Waals surface area contributed by atoms with Gasteiger partial charge < -0.3 is 5.32 Å². The highest BCUT2D eigenvalue weighted by Crippen LogP contribution is 2.23. The molecule has 0 spiro atoms. The van der Waals surface area contributed by atoms with E-state index in [1.54, 1.807) is 41.7 Å². The van der Waals surface area contributed by atoms with E-state index in [2.05, 4.69) is 21.2 Å². The van der Waals surface area contributed by atoms with E-state index in [1.807, 2.05) is 18.2 Å². The monoisotopic (exact) mass is 332 g/mol. The highest BCUT2D eigenvalue weighted by atomic mass is 79.9. The Morgan fingerprint density at radius 2 is 2.00 bits per heavy atom. The Bertz CT molecular complexity index is 653. The normalized spacial score (nSPS) is 10.3. The summed E-state index contributed by atoms with van der Waals surface area (Å²) < 4.78 is 1.03. The van der Waals surface area contributed by atoms with Gasteiger partial charge in [-0.3, -0.25) is 4.79 Å². The fraction of sp³-hybridized carbons (Fsp3) is 0. The van der Waals surface area contributed by atoms with Crippen molar-refractivity contribution in [3.8, 4) is 6.07 Å². The number of hydrogen-bond donors (Lipinski definition) is 1. The van der Waals surface area contributed by atoms with Gasteiger partial charge in [0.2, 0.25) is 5.91 Å². The number of benzene rings is 1. The SMILES string of the molecule is N#Cc1ccc(NC(=O)/C=C/c2ccc(Br)s2)cc1. The van der Waals surface area contributed by atoms with E-state index in [1.165, 1.54) is 6.08 Å². The van der Waals surface area contributed by atoms with Crippen LogP contribution in [0, 0.1) is 11.3 Å². The molecule has 0 aliphatic carbocycles. The van der Waals surface area contributed by atoms with Gasteiger partial charge in [-0.15, -0.1) is 11.3 Å². The lowest BCUT2D eigenvalue weighted by Crippen LogP contribution is -2.07. The molecular weight excluding hydrogens is 324 g/mol. The minimum Gasteiger partial charge on any atom is -0.323 e. The second-order valence-electron chi connectivity index (χ2n) is 3.65. The third kappa shape index (κ3) is 4.05. The van der Waals surface area contributed by atoms with Crippen molar-refractivity contribution in [2.45, 2.75) is 0 Å². The summed E-state index contributed by atoms with van der Waals surface area (Å²) in [5.41, 5.74) is 1.23. The first kappa shape index (κ1) is 13.5. The summed E-state index contributed by atoms with van der Waals surface area (Å²) in [6.45, 7) is 0. The number of nitriles is 1.